The summed E-state index contributed by atoms with van der Waals surface area (Å²) in [6, 6.07) is 8.14. The van der Waals surface area contributed by atoms with Gasteiger partial charge in [-0.1, -0.05) is 18.2 Å². The second kappa shape index (κ2) is 2.82. The van der Waals surface area contributed by atoms with Gasteiger partial charge in [0.25, 0.3) is 0 Å². The first-order valence-corrected chi connectivity index (χ1v) is 4.71. The zero-order valence-corrected chi connectivity index (χ0v) is 8.78. The molecular weight excluding hydrogens is 174 g/mol. The van der Waals surface area contributed by atoms with E-state index in [1.807, 2.05) is 37.7 Å². The number of nitrogens with zero attached hydrogens (tertiary/aromatic N) is 2. The summed E-state index contributed by atoms with van der Waals surface area (Å²) in [6.45, 7) is 3.95. The molecule has 1 heterocycles. The minimum Gasteiger partial charge on any atom is -0.320 e. The fourth-order valence-electron chi connectivity index (χ4n) is 1.69. The van der Waals surface area contributed by atoms with Crippen LogP contribution in [-0.2, 0) is 12.6 Å². The maximum atomic E-state index is 6.06. The summed E-state index contributed by atoms with van der Waals surface area (Å²) in [5, 5.41) is 5.59. The van der Waals surface area contributed by atoms with Crippen LogP contribution in [0.15, 0.2) is 24.3 Å². The van der Waals surface area contributed by atoms with E-state index in [1.165, 1.54) is 0 Å². The molecule has 0 fully saturated rings. The highest BCUT2D eigenvalue weighted by Gasteiger charge is 2.21. The van der Waals surface area contributed by atoms with Crippen molar-refractivity contribution in [3.63, 3.8) is 0 Å². The molecule has 3 heteroatoms. The number of rotatable bonds is 1. The van der Waals surface area contributed by atoms with Gasteiger partial charge in [-0.2, -0.15) is 5.10 Å². The number of nitrogens with two attached hydrogens (primary N) is 1. The molecule has 3 nitrogen and oxygen atoms in total. The van der Waals surface area contributed by atoms with Gasteiger partial charge in [0.15, 0.2) is 0 Å². The van der Waals surface area contributed by atoms with Gasteiger partial charge >= 0.3 is 0 Å². The summed E-state index contributed by atoms with van der Waals surface area (Å²) in [5.41, 5.74) is 7.75. The number of aryl methyl sites for hydroxylation is 1. The largest absolute Gasteiger partial charge is 0.320 e. The SMILES string of the molecule is Cn1nc(C(C)(C)N)c2ccccc21. The van der Waals surface area contributed by atoms with Gasteiger partial charge in [0.05, 0.1) is 16.7 Å². The predicted molar refractivity (Wildman–Crippen MR) is 57.9 cm³/mol. The highest BCUT2D eigenvalue weighted by molar-refractivity contribution is 5.82. The molecule has 0 saturated carbocycles. The third-order valence-corrected chi connectivity index (χ3v) is 2.37. The van der Waals surface area contributed by atoms with Crippen LogP contribution in [-0.4, -0.2) is 9.78 Å². The van der Waals surface area contributed by atoms with Crippen molar-refractivity contribution in [3.8, 4) is 0 Å². The van der Waals surface area contributed by atoms with Gasteiger partial charge in [0.2, 0.25) is 0 Å². The summed E-state index contributed by atoms with van der Waals surface area (Å²) in [5.74, 6) is 0. The normalized spacial score (nSPS) is 12.3. The summed E-state index contributed by atoms with van der Waals surface area (Å²) >= 11 is 0. The number of benzene rings is 1. The van der Waals surface area contributed by atoms with E-state index in [1.54, 1.807) is 0 Å². The standard InChI is InChI=1S/C11H15N3/c1-11(2,12)10-8-6-4-5-7-9(8)14(3)13-10/h4-7H,12H2,1-3H3. The number of fused-ring (bicyclic) bond motifs is 1. The molecule has 0 bridgehead atoms. The first-order chi connectivity index (χ1) is 6.50. The Balaban J connectivity index is 2.80. The van der Waals surface area contributed by atoms with Gasteiger partial charge in [0.1, 0.15) is 0 Å². The lowest BCUT2D eigenvalue weighted by Crippen LogP contribution is -2.29. The third-order valence-electron chi connectivity index (χ3n) is 2.37. The van der Waals surface area contributed by atoms with Gasteiger partial charge in [-0.05, 0) is 19.9 Å². The Morgan fingerprint density at radius 2 is 1.93 bits per heavy atom. The Morgan fingerprint density at radius 1 is 1.29 bits per heavy atom. The summed E-state index contributed by atoms with van der Waals surface area (Å²) < 4.78 is 1.87. The molecule has 0 aliphatic carbocycles. The quantitative estimate of drug-likeness (QED) is 0.743. The Morgan fingerprint density at radius 3 is 2.57 bits per heavy atom. The zero-order chi connectivity index (χ0) is 10.3. The first-order valence-electron chi connectivity index (χ1n) is 4.71. The van der Waals surface area contributed by atoms with Crippen LogP contribution in [0.3, 0.4) is 0 Å². The van der Waals surface area contributed by atoms with E-state index in [-0.39, 0.29) is 5.54 Å². The second-order valence-electron chi connectivity index (χ2n) is 4.21. The second-order valence-corrected chi connectivity index (χ2v) is 4.21. The molecule has 14 heavy (non-hydrogen) atoms. The van der Waals surface area contributed by atoms with E-state index in [9.17, 15) is 0 Å². The van der Waals surface area contributed by atoms with E-state index in [0.29, 0.717) is 0 Å². The summed E-state index contributed by atoms with van der Waals surface area (Å²) in [7, 11) is 1.94. The summed E-state index contributed by atoms with van der Waals surface area (Å²) in [4.78, 5) is 0. The van der Waals surface area contributed by atoms with Crippen LogP contribution in [0.25, 0.3) is 10.9 Å². The first kappa shape index (κ1) is 9.21. The minimum absolute atomic E-state index is 0.388. The molecule has 74 valence electrons. The van der Waals surface area contributed by atoms with Crippen LogP contribution < -0.4 is 5.73 Å². The van der Waals surface area contributed by atoms with E-state index >= 15 is 0 Å². The van der Waals surface area contributed by atoms with Gasteiger partial charge in [-0.3, -0.25) is 4.68 Å². The minimum atomic E-state index is -0.388. The van der Waals surface area contributed by atoms with Gasteiger partial charge in [-0.25, -0.2) is 0 Å². The Hall–Kier alpha value is -1.35. The summed E-state index contributed by atoms with van der Waals surface area (Å²) in [6.07, 6.45) is 0. The molecule has 1 aromatic heterocycles. The zero-order valence-electron chi connectivity index (χ0n) is 8.78. The predicted octanol–water partition coefficient (Wildman–Crippen LogP) is 1.77. The molecule has 0 unspecified atom stereocenters. The fraction of sp³-hybridized carbons (Fsp3) is 0.364. The molecule has 2 aromatic rings. The third kappa shape index (κ3) is 1.30. The van der Waals surface area contributed by atoms with Crippen molar-refractivity contribution in [2.24, 2.45) is 12.8 Å². The highest BCUT2D eigenvalue weighted by atomic mass is 15.3. The lowest BCUT2D eigenvalue weighted by atomic mass is 9.99. The molecule has 0 atom stereocenters. The monoisotopic (exact) mass is 189 g/mol. The van der Waals surface area contributed by atoms with Crippen LogP contribution >= 0.6 is 0 Å². The maximum Gasteiger partial charge on any atom is 0.0896 e. The average Bonchev–Trinajstić information content (AvgIpc) is 2.44. The molecule has 1 aromatic carbocycles. The van der Waals surface area contributed by atoms with Crippen molar-refractivity contribution >= 4 is 10.9 Å². The smallest absolute Gasteiger partial charge is 0.0896 e. The Labute approximate surface area is 83.5 Å². The molecule has 0 aliphatic rings. The number of aromatic nitrogens is 2. The van der Waals surface area contributed by atoms with Crippen molar-refractivity contribution in [1.29, 1.82) is 0 Å². The van der Waals surface area contributed by atoms with Crippen LogP contribution in [0.2, 0.25) is 0 Å². The molecule has 0 amide bonds. The topological polar surface area (TPSA) is 43.8 Å². The van der Waals surface area contributed by atoms with Gasteiger partial charge in [0, 0.05) is 12.4 Å². The number of hydrogen-bond donors (Lipinski definition) is 1. The Bertz CT molecular complexity index is 463. The molecule has 2 N–H and O–H groups in total. The molecular formula is C11H15N3. The highest BCUT2D eigenvalue weighted by Crippen LogP contribution is 2.24. The Kier molecular flexibility index (Phi) is 1.86. The molecule has 0 aliphatic heterocycles. The van der Waals surface area contributed by atoms with E-state index in [2.05, 4.69) is 17.2 Å². The van der Waals surface area contributed by atoms with Crippen LogP contribution in [0.1, 0.15) is 19.5 Å². The fourth-order valence-corrected chi connectivity index (χ4v) is 1.69. The molecule has 0 spiro atoms. The van der Waals surface area contributed by atoms with E-state index in [0.717, 1.165) is 16.6 Å². The number of hydrogen-bond acceptors (Lipinski definition) is 2. The average molecular weight is 189 g/mol. The molecule has 2 rings (SSSR count). The van der Waals surface area contributed by atoms with Crippen molar-refractivity contribution in [2.45, 2.75) is 19.4 Å². The molecule has 0 radical (unpaired) electrons. The lowest BCUT2D eigenvalue weighted by molar-refractivity contribution is 0.527. The van der Waals surface area contributed by atoms with Crippen molar-refractivity contribution in [2.75, 3.05) is 0 Å². The van der Waals surface area contributed by atoms with Crippen molar-refractivity contribution < 1.29 is 0 Å². The van der Waals surface area contributed by atoms with Gasteiger partial charge in [-0.15, -0.1) is 0 Å². The number of para-hydroxylation sites is 1. The van der Waals surface area contributed by atoms with E-state index < -0.39 is 0 Å². The molecule has 0 saturated heterocycles. The van der Waals surface area contributed by atoms with Crippen molar-refractivity contribution in [1.82, 2.24) is 9.78 Å². The van der Waals surface area contributed by atoms with Crippen LogP contribution in [0.5, 0.6) is 0 Å². The van der Waals surface area contributed by atoms with Crippen molar-refractivity contribution in [3.05, 3.63) is 30.0 Å². The van der Waals surface area contributed by atoms with E-state index in [4.69, 9.17) is 5.73 Å². The van der Waals surface area contributed by atoms with Crippen LogP contribution in [0, 0.1) is 0 Å². The van der Waals surface area contributed by atoms with Gasteiger partial charge < -0.3 is 5.73 Å². The van der Waals surface area contributed by atoms with Crippen LogP contribution in [0.4, 0.5) is 0 Å². The maximum absolute atomic E-state index is 6.06. The lowest BCUT2D eigenvalue weighted by Gasteiger charge is -2.15.